The first-order valence-electron chi connectivity index (χ1n) is 4.77. The highest BCUT2D eigenvalue weighted by Crippen LogP contribution is 2.28. The van der Waals surface area contributed by atoms with E-state index in [1.165, 1.54) is 4.31 Å². The van der Waals surface area contributed by atoms with E-state index in [-0.39, 0.29) is 6.04 Å². The number of nitrogens with zero attached hydrogens (tertiary/aromatic N) is 1. The average Bonchev–Trinajstić information content (AvgIpc) is 2.98. The van der Waals surface area contributed by atoms with Gasteiger partial charge in [-0.3, -0.25) is 0 Å². The summed E-state index contributed by atoms with van der Waals surface area (Å²) in [5.41, 5.74) is 1.06. The molecule has 1 heterocycles. The number of benzene rings is 1. The fourth-order valence-corrected chi connectivity index (χ4v) is 2.99. The highest BCUT2D eigenvalue weighted by atomic mass is 32.2. The van der Waals surface area contributed by atoms with E-state index in [1.807, 2.05) is 6.92 Å². The molecule has 0 aromatic heterocycles. The first-order valence-corrected chi connectivity index (χ1v) is 6.21. The van der Waals surface area contributed by atoms with Gasteiger partial charge in [0.25, 0.3) is 0 Å². The summed E-state index contributed by atoms with van der Waals surface area (Å²) >= 11 is 0. The zero-order chi connectivity index (χ0) is 11.1. The van der Waals surface area contributed by atoms with Crippen molar-refractivity contribution in [3.05, 3.63) is 42.5 Å². The van der Waals surface area contributed by atoms with Crippen LogP contribution in [0.2, 0.25) is 0 Å². The number of aryl methyl sites for hydroxylation is 1. The Balaban J connectivity index is 2.31. The second-order valence-electron chi connectivity index (χ2n) is 3.69. The molecule has 0 N–H and O–H groups in total. The molecule has 0 amide bonds. The minimum absolute atomic E-state index is 0.0173. The molecule has 0 saturated carbocycles. The summed E-state index contributed by atoms with van der Waals surface area (Å²) in [5, 5.41) is 0. The molecule has 0 aliphatic carbocycles. The Hall–Kier alpha value is -1.13. The van der Waals surface area contributed by atoms with Crippen LogP contribution in [0.15, 0.2) is 41.8 Å². The van der Waals surface area contributed by atoms with Crippen LogP contribution in [0.25, 0.3) is 0 Å². The van der Waals surface area contributed by atoms with Gasteiger partial charge in [0.2, 0.25) is 10.0 Å². The van der Waals surface area contributed by atoms with E-state index in [4.69, 9.17) is 0 Å². The third-order valence-electron chi connectivity index (χ3n) is 2.50. The van der Waals surface area contributed by atoms with Gasteiger partial charge in [-0.15, -0.1) is 6.58 Å². The molecule has 1 aliphatic heterocycles. The Bertz CT molecular complexity index is 476. The van der Waals surface area contributed by atoms with Crippen LogP contribution < -0.4 is 0 Å². The van der Waals surface area contributed by atoms with Crippen LogP contribution in [-0.2, 0) is 10.0 Å². The molecular weight excluding hydrogens is 210 g/mol. The molecule has 15 heavy (non-hydrogen) atoms. The lowest BCUT2D eigenvalue weighted by Crippen LogP contribution is -2.13. The van der Waals surface area contributed by atoms with E-state index in [9.17, 15) is 8.42 Å². The molecule has 0 radical (unpaired) electrons. The number of hydrogen-bond acceptors (Lipinski definition) is 2. The minimum Gasteiger partial charge on any atom is -0.207 e. The first-order chi connectivity index (χ1) is 7.05. The fourth-order valence-electron chi connectivity index (χ4n) is 1.45. The van der Waals surface area contributed by atoms with Crippen molar-refractivity contribution in [3.8, 4) is 0 Å². The van der Waals surface area contributed by atoms with Crippen molar-refractivity contribution < 1.29 is 8.42 Å². The third-order valence-corrected chi connectivity index (χ3v) is 4.41. The van der Waals surface area contributed by atoms with Crippen molar-refractivity contribution in [3.63, 3.8) is 0 Å². The molecule has 1 aliphatic rings. The van der Waals surface area contributed by atoms with E-state index < -0.39 is 10.0 Å². The summed E-state index contributed by atoms with van der Waals surface area (Å²) < 4.78 is 25.3. The molecule has 2 rings (SSSR count). The smallest absolute Gasteiger partial charge is 0.207 e. The Labute approximate surface area is 90.1 Å². The van der Waals surface area contributed by atoms with Crippen molar-refractivity contribution >= 4 is 10.0 Å². The van der Waals surface area contributed by atoms with Crippen molar-refractivity contribution in [1.29, 1.82) is 0 Å². The second-order valence-corrected chi connectivity index (χ2v) is 5.58. The predicted octanol–water partition coefficient (Wildman–Crippen LogP) is 1.55. The summed E-state index contributed by atoms with van der Waals surface area (Å²) in [4.78, 5) is 0.359. The largest absolute Gasteiger partial charge is 0.243 e. The fraction of sp³-hybridized carbons (Fsp3) is 0.273. The standard InChI is InChI=1S/C11H13NO2S/c1-3-10-8-12(10)15(13,14)11-6-4-9(2)5-7-11/h3-7,10H,1,8H2,2H3. The quantitative estimate of drug-likeness (QED) is 0.576. The average molecular weight is 223 g/mol. The maximum atomic E-state index is 12.0. The lowest BCUT2D eigenvalue weighted by atomic mass is 10.2. The van der Waals surface area contributed by atoms with Gasteiger partial charge in [-0.1, -0.05) is 23.8 Å². The summed E-state index contributed by atoms with van der Waals surface area (Å²) in [6.07, 6.45) is 1.66. The molecule has 0 spiro atoms. The van der Waals surface area contributed by atoms with Gasteiger partial charge in [0.1, 0.15) is 0 Å². The van der Waals surface area contributed by atoms with Gasteiger partial charge >= 0.3 is 0 Å². The second kappa shape index (κ2) is 3.47. The zero-order valence-electron chi connectivity index (χ0n) is 8.55. The molecule has 0 bridgehead atoms. The van der Waals surface area contributed by atoms with Crippen LogP contribution in [0.1, 0.15) is 5.56 Å². The van der Waals surface area contributed by atoms with Gasteiger partial charge in [-0.2, -0.15) is 4.31 Å². The van der Waals surface area contributed by atoms with Crippen LogP contribution in [-0.4, -0.2) is 25.3 Å². The SMILES string of the molecule is C=CC1CN1S(=O)(=O)c1ccc(C)cc1. The van der Waals surface area contributed by atoms with Crippen LogP contribution in [0.5, 0.6) is 0 Å². The van der Waals surface area contributed by atoms with Crippen molar-refractivity contribution in [1.82, 2.24) is 4.31 Å². The molecule has 1 saturated heterocycles. The third kappa shape index (κ3) is 1.82. The van der Waals surface area contributed by atoms with E-state index >= 15 is 0 Å². The van der Waals surface area contributed by atoms with Gasteiger partial charge in [-0.05, 0) is 19.1 Å². The van der Waals surface area contributed by atoms with E-state index in [0.717, 1.165) is 5.56 Å². The predicted molar refractivity (Wildman–Crippen MR) is 59.1 cm³/mol. The summed E-state index contributed by atoms with van der Waals surface area (Å²) in [7, 11) is -3.28. The van der Waals surface area contributed by atoms with Crippen molar-refractivity contribution in [2.24, 2.45) is 0 Å². The highest BCUT2D eigenvalue weighted by molar-refractivity contribution is 7.89. The molecule has 1 aromatic carbocycles. The zero-order valence-corrected chi connectivity index (χ0v) is 9.37. The van der Waals surface area contributed by atoms with Crippen LogP contribution in [0, 0.1) is 6.92 Å². The lowest BCUT2D eigenvalue weighted by Gasteiger charge is -2.04. The summed E-state index contributed by atoms with van der Waals surface area (Å²) in [6.45, 7) is 6.07. The Kier molecular flexibility index (Phi) is 2.40. The summed E-state index contributed by atoms with van der Waals surface area (Å²) in [6, 6.07) is 6.88. The normalized spacial score (nSPS) is 24.9. The van der Waals surface area contributed by atoms with Gasteiger partial charge in [0.15, 0.2) is 0 Å². The van der Waals surface area contributed by atoms with Gasteiger partial charge in [-0.25, -0.2) is 8.42 Å². The maximum Gasteiger partial charge on any atom is 0.243 e. The molecular formula is C11H13NO2S. The minimum atomic E-state index is -3.28. The monoisotopic (exact) mass is 223 g/mol. The lowest BCUT2D eigenvalue weighted by molar-refractivity contribution is 0.558. The molecule has 2 atom stereocenters. The van der Waals surface area contributed by atoms with Gasteiger partial charge < -0.3 is 0 Å². The molecule has 3 nitrogen and oxygen atoms in total. The maximum absolute atomic E-state index is 12.0. The topological polar surface area (TPSA) is 37.1 Å². The van der Waals surface area contributed by atoms with Crippen LogP contribution in [0.4, 0.5) is 0 Å². The van der Waals surface area contributed by atoms with Crippen molar-refractivity contribution in [2.75, 3.05) is 6.54 Å². The molecule has 1 aromatic rings. The number of rotatable bonds is 3. The van der Waals surface area contributed by atoms with Gasteiger partial charge in [0, 0.05) is 6.54 Å². The van der Waals surface area contributed by atoms with E-state index in [2.05, 4.69) is 6.58 Å². The number of sulfonamides is 1. The Morgan fingerprint density at radius 2 is 2.00 bits per heavy atom. The van der Waals surface area contributed by atoms with Gasteiger partial charge in [0.05, 0.1) is 10.9 Å². The Morgan fingerprint density at radius 3 is 2.47 bits per heavy atom. The Morgan fingerprint density at radius 1 is 1.40 bits per heavy atom. The van der Waals surface area contributed by atoms with E-state index in [1.54, 1.807) is 30.3 Å². The van der Waals surface area contributed by atoms with Crippen LogP contribution in [0.3, 0.4) is 0 Å². The summed E-state index contributed by atoms with van der Waals surface area (Å²) in [5.74, 6) is 0. The molecule has 80 valence electrons. The van der Waals surface area contributed by atoms with E-state index in [0.29, 0.717) is 11.4 Å². The molecule has 4 heteroatoms. The highest BCUT2D eigenvalue weighted by Gasteiger charge is 2.42. The van der Waals surface area contributed by atoms with Crippen LogP contribution >= 0.6 is 0 Å². The first kappa shape index (κ1) is 10.4. The molecule has 2 unspecified atom stereocenters. The van der Waals surface area contributed by atoms with Crippen molar-refractivity contribution in [2.45, 2.75) is 17.9 Å². The molecule has 1 fully saturated rings. The number of hydrogen-bond donors (Lipinski definition) is 0.